The SMILES string of the molecule is NC(=O)C1=NC(=C2N=NC(C(N)=O)=N2)N=N1. The Morgan fingerprint density at radius 2 is 1.12 bits per heavy atom. The molecule has 2 aliphatic rings. The summed E-state index contributed by atoms with van der Waals surface area (Å²) in [6.45, 7) is 0. The van der Waals surface area contributed by atoms with E-state index in [1.54, 1.807) is 0 Å². The quantitative estimate of drug-likeness (QED) is 0.599. The van der Waals surface area contributed by atoms with Crippen molar-refractivity contribution in [1.29, 1.82) is 0 Å². The number of rotatable bonds is 2. The van der Waals surface area contributed by atoms with Crippen LogP contribution in [-0.2, 0) is 9.59 Å². The third-order valence-corrected chi connectivity index (χ3v) is 1.54. The fraction of sp³-hybridized carbons (Fsp3) is 0. The van der Waals surface area contributed by atoms with Gasteiger partial charge in [0.2, 0.25) is 23.3 Å². The Balaban J connectivity index is 2.36. The second-order valence-corrected chi connectivity index (χ2v) is 2.65. The van der Waals surface area contributed by atoms with E-state index in [1.807, 2.05) is 0 Å². The molecule has 0 saturated heterocycles. The molecule has 0 bridgehead atoms. The topological polar surface area (TPSA) is 160 Å². The van der Waals surface area contributed by atoms with E-state index < -0.39 is 11.8 Å². The normalized spacial score (nSPS) is 22.2. The van der Waals surface area contributed by atoms with Gasteiger partial charge in [0.15, 0.2) is 0 Å². The molecule has 0 aromatic carbocycles. The largest absolute Gasteiger partial charge is 0.363 e. The highest BCUT2D eigenvalue weighted by molar-refractivity contribution is 6.38. The van der Waals surface area contributed by atoms with E-state index in [1.165, 1.54) is 0 Å². The number of carbonyl (C=O) groups excluding carboxylic acids is 2. The summed E-state index contributed by atoms with van der Waals surface area (Å²) in [4.78, 5) is 28.6. The van der Waals surface area contributed by atoms with Crippen LogP contribution < -0.4 is 11.5 Å². The molecule has 0 saturated carbocycles. The molecule has 0 fully saturated rings. The fourth-order valence-corrected chi connectivity index (χ4v) is 0.878. The van der Waals surface area contributed by atoms with E-state index in [4.69, 9.17) is 11.5 Å². The van der Waals surface area contributed by atoms with Gasteiger partial charge < -0.3 is 11.5 Å². The highest BCUT2D eigenvalue weighted by Crippen LogP contribution is 2.20. The highest BCUT2D eigenvalue weighted by atomic mass is 16.2. The number of hydrogen-bond donors (Lipinski definition) is 2. The third kappa shape index (κ3) is 1.58. The lowest BCUT2D eigenvalue weighted by molar-refractivity contribution is -0.112. The zero-order valence-electron chi connectivity index (χ0n) is 7.65. The van der Waals surface area contributed by atoms with Crippen molar-refractivity contribution in [2.24, 2.45) is 41.9 Å². The van der Waals surface area contributed by atoms with Crippen molar-refractivity contribution in [1.82, 2.24) is 0 Å². The molecule has 0 aliphatic carbocycles. The first-order chi connectivity index (χ1) is 7.58. The molecular formula is C6H4N8O2. The maximum Gasteiger partial charge on any atom is 0.288 e. The summed E-state index contributed by atoms with van der Waals surface area (Å²) in [5.74, 6) is -2.27. The summed E-state index contributed by atoms with van der Waals surface area (Å²) >= 11 is 0. The Bertz CT molecular complexity index is 489. The van der Waals surface area contributed by atoms with Gasteiger partial charge in [-0.25, -0.2) is 0 Å². The van der Waals surface area contributed by atoms with Gasteiger partial charge in [-0.3, -0.25) is 9.59 Å². The summed E-state index contributed by atoms with van der Waals surface area (Å²) < 4.78 is 0. The van der Waals surface area contributed by atoms with Crippen molar-refractivity contribution in [2.75, 3.05) is 0 Å². The minimum absolute atomic E-state index is 0.0474. The lowest BCUT2D eigenvalue weighted by Crippen LogP contribution is -2.20. The van der Waals surface area contributed by atoms with E-state index in [0.717, 1.165) is 0 Å². The number of nitrogens with zero attached hydrogens (tertiary/aromatic N) is 6. The first-order valence-electron chi connectivity index (χ1n) is 3.92. The van der Waals surface area contributed by atoms with Gasteiger partial charge in [-0.05, 0) is 0 Å². The smallest absolute Gasteiger partial charge is 0.288 e. The van der Waals surface area contributed by atoms with Crippen LogP contribution in [0.2, 0.25) is 0 Å². The van der Waals surface area contributed by atoms with Gasteiger partial charge in [-0.1, -0.05) is 0 Å². The molecule has 0 atom stereocenters. The van der Waals surface area contributed by atoms with Crippen molar-refractivity contribution in [3.8, 4) is 0 Å². The fourth-order valence-electron chi connectivity index (χ4n) is 0.878. The van der Waals surface area contributed by atoms with Gasteiger partial charge in [0.1, 0.15) is 0 Å². The molecule has 80 valence electrons. The van der Waals surface area contributed by atoms with Gasteiger partial charge in [-0.15, -0.1) is 20.5 Å². The van der Waals surface area contributed by atoms with Crippen molar-refractivity contribution in [2.45, 2.75) is 0 Å². The standard InChI is InChI=1S/C6H4N8O2/c7-1(15)3-9-5(13-11-3)6-10-4(2(8)16)12-14-6/h(H2,7,15)(H2,8,16). The van der Waals surface area contributed by atoms with Gasteiger partial charge in [0.25, 0.3) is 11.8 Å². The maximum atomic E-state index is 10.7. The summed E-state index contributed by atoms with van der Waals surface area (Å²) in [6.07, 6.45) is 0. The molecule has 0 radical (unpaired) electrons. The van der Waals surface area contributed by atoms with Crippen molar-refractivity contribution >= 4 is 23.5 Å². The van der Waals surface area contributed by atoms with Crippen LogP contribution in [0.15, 0.2) is 42.1 Å². The molecule has 10 nitrogen and oxygen atoms in total. The second-order valence-electron chi connectivity index (χ2n) is 2.65. The van der Waals surface area contributed by atoms with Crippen LogP contribution in [0, 0.1) is 0 Å². The predicted octanol–water partition coefficient (Wildman–Crippen LogP) is -1.19. The lowest BCUT2D eigenvalue weighted by Gasteiger charge is -1.86. The molecule has 2 amide bonds. The minimum Gasteiger partial charge on any atom is -0.363 e. The number of amides is 2. The molecule has 4 N–H and O–H groups in total. The van der Waals surface area contributed by atoms with E-state index >= 15 is 0 Å². The molecule has 0 aromatic rings. The Kier molecular flexibility index (Phi) is 2.08. The number of carbonyl (C=O) groups is 2. The Labute approximate surface area is 87.5 Å². The predicted molar refractivity (Wildman–Crippen MR) is 50.0 cm³/mol. The van der Waals surface area contributed by atoms with Gasteiger partial charge in [-0.2, -0.15) is 9.98 Å². The van der Waals surface area contributed by atoms with Gasteiger partial charge >= 0.3 is 0 Å². The van der Waals surface area contributed by atoms with E-state index in [0.29, 0.717) is 0 Å². The Morgan fingerprint density at radius 3 is 1.38 bits per heavy atom. The van der Waals surface area contributed by atoms with Gasteiger partial charge in [0, 0.05) is 0 Å². The highest BCUT2D eigenvalue weighted by Gasteiger charge is 2.21. The molecule has 16 heavy (non-hydrogen) atoms. The zero-order chi connectivity index (χ0) is 11.7. The number of aliphatic imine (C=N–C) groups is 2. The Morgan fingerprint density at radius 1 is 0.750 bits per heavy atom. The third-order valence-electron chi connectivity index (χ3n) is 1.54. The van der Waals surface area contributed by atoms with Crippen LogP contribution in [-0.4, -0.2) is 23.5 Å². The molecular weight excluding hydrogens is 216 g/mol. The minimum atomic E-state index is -0.826. The first-order valence-corrected chi connectivity index (χ1v) is 3.92. The van der Waals surface area contributed by atoms with E-state index in [-0.39, 0.29) is 23.3 Å². The van der Waals surface area contributed by atoms with Crippen LogP contribution in [0.3, 0.4) is 0 Å². The summed E-state index contributed by atoms with van der Waals surface area (Å²) in [5.41, 5.74) is 9.85. The molecule has 2 rings (SSSR count). The second kappa shape index (κ2) is 3.42. The van der Waals surface area contributed by atoms with Crippen LogP contribution in [0.4, 0.5) is 0 Å². The average molecular weight is 220 g/mol. The number of primary amides is 2. The van der Waals surface area contributed by atoms with Crippen molar-refractivity contribution in [3.05, 3.63) is 11.6 Å². The Hall–Kier alpha value is -2.78. The van der Waals surface area contributed by atoms with Gasteiger partial charge in [0.05, 0.1) is 0 Å². The lowest BCUT2D eigenvalue weighted by atomic mass is 10.5. The maximum absolute atomic E-state index is 10.7. The zero-order valence-corrected chi connectivity index (χ0v) is 7.65. The summed E-state index contributed by atoms with van der Waals surface area (Å²) in [6, 6.07) is 0. The molecule has 0 aromatic heterocycles. The molecule has 2 heterocycles. The number of amidine groups is 2. The van der Waals surface area contributed by atoms with Crippen molar-refractivity contribution < 1.29 is 9.59 Å². The van der Waals surface area contributed by atoms with Crippen LogP contribution in [0.5, 0.6) is 0 Å². The molecule has 2 aliphatic heterocycles. The first kappa shape index (κ1) is 9.76. The van der Waals surface area contributed by atoms with E-state index in [2.05, 4.69) is 30.4 Å². The van der Waals surface area contributed by atoms with E-state index in [9.17, 15) is 9.59 Å². The monoisotopic (exact) mass is 220 g/mol. The van der Waals surface area contributed by atoms with Crippen molar-refractivity contribution in [3.63, 3.8) is 0 Å². The number of hydrogen-bond acceptors (Lipinski definition) is 8. The molecule has 10 heteroatoms. The summed E-state index contributed by atoms with van der Waals surface area (Å²) in [5, 5.41) is 13.8. The van der Waals surface area contributed by atoms with Crippen LogP contribution >= 0.6 is 0 Å². The summed E-state index contributed by atoms with van der Waals surface area (Å²) in [7, 11) is 0. The van der Waals surface area contributed by atoms with Crippen LogP contribution in [0.1, 0.15) is 0 Å². The molecule has 0 unspecified atom stereocenters. The van der Waals surface area contributed by atoms with Crippen LogP contribution in [0.25, 0.3) is 0 Å². The average Bonchev–Trinajstić information content (AvgIpc) is 2.86. The molecule has 0 spiro atoms. The number of nitrogens with two attached hydrogens (primary N) is 2. The number of azo groups is 2.